The lowest BCUT2D eigenvalue weighted by Crippen LogP contribution is -2.23. The van der Waals surface area contributed by atoms with Crippen molar-refractivity contribution in [2.75, 3.05) is 24.9 Å². The second-order valence-electron chi connectivity index (χ2n) is 6.85. The van der Waals surface area contributed by atoms with E-state index < -0.39 is 0 Å². The van der Waals surface area contributed by atoms with Gasteiger partial charge in [-0.2, -0.15) is 0 Å². The normalized spacial score (nSPS) is 10.6. The minimum atomic E-state index is 0.265. The molecule has 0 aliphatic rings. The summed E-state index contributed by atoms with van der Waals surface area (Å²) >= 11 is 0. The maximum Gasteiger partial charge on any atom is 0.227 e. The highest BCUT2D eigenvalue weighted by Crippen LogP contribution is 2.22. The molecule has 2 aromatic heterocycles. The Balaban J connectivity index is 1.66. The third-order valence-electron chi connectivity index (χ3n) is 4.85. The van der Waals surface area contributed by atoms with E-state index in [0.29, 0.717) is 18.9 Å². The first kappa shape index (κ1) is 20.1. The van der Waals surface area contributed by atoms with Crippen LogP contribution in [0.15, 0.2) is 67.3 Å². The molecule has 0 saturated carbocycles. The van der Waals surface area contributed by atoms with E-state index in [0.717, 1.165) is 28.4 Å². The van der Waals surface area contributed by atoms with Crippen LogP contribution in [0.4, 0.5) is 11.8 Å². The molecule has 0 aliphatic carbocycles. The second kappa shape index (κ2) is 9.12. The number of anilines is 2. The van der Waals surface area contributed by atoms with Crippen molar-refractivity contribution in [1.29, 1.82) is 0 Å². The van der Waals surface area contributed by atoms with Crippen LogP contribution in [0.2, 0.25) is 0 Å². The molecule has 0 amide bonds. The molecule has 4 aromatic rings. The van der Waals surface area contributed by atoms with Gasteiger partial charge >= 0.3 is 0 Å². The first-order valence-electron chi connectivity index (χ1n) is 9.65. The van der Waals surface area contributed by atoms with Gasteiger partial charge in [-0.3, -0.25) is 4.57 Å². The largest absolute Gasteiger partial charge is 0.497 e. The number of nitrogens with two attached hydrogens (primary N) is 1. The maximum atomic E-state index is 5.89. The zero-order chi connectivity index (χ0) is 21.6. The summed E-state index contributed by atoms with van der Waals surface area (Å²) in [5.74, 6) is 3.25. The molecule has 0 fully saturated rings. The van der Waals surface area contributed by atoms with E-state index in [1.807, 2.05) is 54.6 Å². The van der Waals surface area contributed by atoms with Gasteiger partial charge in [-0.25, -0.2) is 9.97 Å². The van der Waals surface area contributed by atoms with Crippen LogP contribution in [0.5, 0.6) is 11.5 Å². The van der Waals surface area contributed by atoms with Crippen LogP contribution in [0.25, 0.3) is 5.82 Å². The summed E-state index contributed by atoms with van der Waals surface area (Å²) in [6.07, 6.45) is 3.04. The minimum Gasteiger partial charge on any atom is -0.497 e. The molecule has 9 heteroatoms. The minimum absolute atomic E-state index is 0.265. The zero-order valence-corrected chi connectivity index (χ0v) is 17.3. The van der Waals surface area contributed by atoms with E-state index in [2.05, 4.69) is 25.1 Å². The van der Waals surface area contributed by atoms with E-state index in [4.69, 9.17) is 15.2 Å². The molecule has 158 valence electrons. The first-order valence-corrected chi connectivity index (χ1v) is 9.65. The Morgan fingerprint density at radius 1 is 0.871 bits per heavy atom. The lowest BCUT2D eigenvalue weighted by molar-refractivity contribution is 0.414. The summed E-state index contributed by atoms with van der Waals surface area (Å²) in [5, 5.41) is 7.66. The second-order valence-corrected chi connectivity index (χ2v) is 6.85. The highest BCUT2D eigenvalue weighted by Gasteiger charge is 2.13. The molecule has 0 aliphatic heterocycles. The lowest BCUT2D eigenvalue weighted by atomic mass is 10.1. The van der Waals surface area contributed by atoms with Crippen molar-refractivity contribution in [2.24, 2.45) is 0 Å². The molecule has 31 heavy (non-hydrogen) atoms. The van der Waals surface area contributed by atoms with Gasteiger partial charge in [-0.1, -0.05) is 24.3 Å². The highest BCUT2D eigenvalue weighted by atomic mass is 16.5. The van der Waals surface area contributed by atoms with E-state index in [1.54, 1.807) is 18.8 Å². The quantitative estimate of drug-likeness (QED) is 0.467. The smallest absolute Gasteiger partial charge is 0.227 e. The lowest BCUT2D eigenvalue weighted by Gasteiger charge is -2.24. The Labute approximate surface area is 180 Å². The average molecular weight is 417 g/mol. The van der Waals surface area contributed by atoms with Crippen LogP contribution >= 0.6 is 0 Å². The van der Waals surface area contributed by atoms with Crippen LogP contribution < -0.4 is 20.1 Å². The molecule has 4 rings (SSSR count). The molecule has 0 unspecified atom stereocenters. The molecular weight excluding hydrogens is 394 g/mol. The molecular formula is C22H23N7O2. The molecule has 0 saturated heterocycles. The van der Waals surface area contributed by atoms with Crippen molar-refractivity contribution in [3.05, 3.63) is 78.4 Å². The molecule has 0 atom stereocenters. The van der Waals surface area contributed by atoms with Gasteiger partial charge in [0, 0.05) is 19.2 Å². The van der Waals surface area contributed by atoms with Crippen LogP contribution in [0.3, 0.4) is 0 Å². The SMILES string of the molecule is COc1ccc(CN(Cc2ccc(OC)cc2)c2cc(-n3cnnc3N)ncn2)cc1. The zero-order valence-electron chi connectivity index (χ0n) is 17.3. The Morgan fingerprint density at radius 3 is 1.94 bits per heavy atom. The average Bonchev–Trinajstić information content (AvgIpc) is 3.25. The van der Waals surface area contributed by atoms with E-state index in [1.165, 1.54) is 12.7 Å². The van der Waals surface area contributed by atoms with Gasteiger partial charge in [0.2, 0.25) is 5.95 Å². The number of hydrogen-bond acceptors (Lipinski definition) is 8. The van der Waals surface area contributed by atoms with Gasteiger partial charge in [0.25, 0.3) is 0 Å². The third kappa shape index (κ3) is 4.72. The number of aromatic nitrogens is 5. The number of methoxy groups -OCH3 is 2. The Kier molecular flexibility index (Phi) is 5.93. The van der Waals surface area contributed by atoms with Gasteiger partial charge < -0.3 is 20.1 Å². The van der Waals surface area contributed by atoms with Crippen molar-refractivity contribution in [2.45, 2.75) is 13.1 Å². The van der Waals surface area contributed by atoms with Gasteiger partial charge in [0.05, 0.1) is 14.2 Å². The summed E-state index contributed by atoms with van der Waals surface area (Å²) in [5.41, 5.74) is 8.14. The van der Waals surface area contributed by atoms with Crippen LogP contribution in [-0.4, -0.2) is 39.0 Å². The predicted molar refractivity (Wildman–Crippen MR) is 117 cm³/mol. The number of nitrogens with zero attached hydrogens (tertiary/aromatic N) is 6. The number of benzene rings is 2. The van der Waals surface area contributed by atoms with Gasteiger partial charge in [0.15, 0.2) is 0 Å². The summed E-state index contributed by atoms with van der Waals surface area (Å²) < 4.78 is 12.2. The van der Waals surface area contributed by atoms with Crippen LogP contribution in [0, 0.1) is 0 Å². The molecule has 0 bridgehead atoms. The van der Waals surface area contributed by atoms with Gasteiger partial charge in [-0.05, 0) is 35.4 Å². The highest BCUT2D eigenvalue weighted by molar-refractivity contribution is 5.47. The Bertz CT molecular complexity index is 1080. The van der Waals surface area contributed by atoms with Crippen molar-refractivity contribution in [3.63, 3.8) is 0 Å². The van der Waals surface area contributed by atoms with Crippen LogP contribution in [-0.2, 0) is 13.1 Å². The molecule has 2 heterocycles. The summed E-state index contributed by atoms with van der Waals surface area (Å²) in [6.45, 7) is 1.29. The maximum absolute atomic E-state index is 5.89. The monoisotopic (exact) mass is 417 g/mol. The fourth-order valence-electron chi connectivity index (χ4n) is 3.18. The Hall–Kier alpha value is -4.14. The fraction of sp³-hybridized carbons (Fsp3) is 0.182. The number of nitrogen functional groups attached to an aromatic ring is 1. The van der Waals surface area contributed by atoms with Gasteiger partial charge in [-0.15, -0.1) is 10.2 Å². The summed E-state index contributed by atoms with van der Waals surface area (Å²) in [4.78, 5) is 11.0. The molecule has 0 spiro atoms. The van der Waals surface area contributed by atoms with Gasteiger partial charge in [0.1, 0.15) is 35.8 Å². The standard InChI is InChI=1S/C22H23N7O2/c1-30-18-7-3-16(4-8-18)12-28(13-17-5-9-19(31-2)10-6-17)20-11-21(25-14-24-20)29-15-26-27-22(29)23/h3-11,14-15H,12-13H2,1-2H3,(H2,23,27). The van der Waals surface area contributed by atoms with Crippen molar-refractivity contribution in [1.82, 2.24) is 24.7 Å². The third-order valence-corrected chi connectivity index (χ3v) is 4.85. The Morgan fingerprint density at radius 2 is 1.45 bits per heavy atom. The fourth-order valence-corrected chi connectivity index (χ4v) is 3.18. The molecule has 9 nitrogen and oxygen atoms in total. The molecule has 2 aromatic carbocycles. The van der Waals surface area contributed by atoms with E-state index in [-0.39, 0.29) is 5.95 Å². The number of hydrogen-bond donors (Lipinski definition) is 1. The van der Waals surface area contributed by atoms with Crippen LogP contribution in [0.1, 0.15) is 11.1 Å². The number of rotatable bonds is 8. The number of ether oxygens (including phenoxy) is 2. The van der Waals surface area contributed by atoms with Crippen molar-refractivity contribution in [3.8, 4) is 17.3 Å². The predicted octanol–water partition coefficient (Wildman–Crippen LogP) is 2.86. The van der Waals surface area contributed by atoms with Crippen molar-refractivity contribution >= 4 is 11.8 Å². The summed E-state index contributed by atoms with van der Waals surface area (Å²) in [7, 11) is 3.31. The first-order chi connectivity index (χ1) is 15.2. The summed E-state index contributed by atoms with van der Waals surface area (Å²) in [6, 6.07) is 17.8. The topological polar surface area (TPSA) is 104 Å². The van der Waals surface area contributed by atoms with Crippen molar-refractivity contribution < 1.29 is 9.47 Å². The molecule has 2 N–H and O–H groups in total. The molecule has 0 radical (unpaired) electrons. The van der Waals surface area contributed by atoms with E-state index >= 15 is 0 Å². The van der Waals surface area contributed by atoms with E-state index in [9.17, 15) is 0 Å².